The van der Waals surface area contributed by atoms with Crippen molar-refractivity contribution < 1.29 is 23.9 Å². The fourth-order valence-electron chi connectivity index (χ4n) is 6.60. The first-order valence-corrected chi connectivity index (χ1v) is 9.46. The van der Waals surface area contributed by atoms with Gasteiger partial charge in [-0.25, -0.2) is 4.39 Å². The second-order valence-electron chi connectivity index (χ2n) is 8.99. The molecule has 5 heteroatoms. The van der Waals surface area contributed by atoms with Crippen LogP contribution in [0.2, 0.25) is 0 Å². The maximum atomic E-state index is 13.3. The molecule has 0 unspecified atom stereocenters. The molecule has 4 nitrogen and oxygen atoms in total. The number of aliphatic hydroxyl groups is 1. The maximum absolute atomic E-state index is 13.3. The summed E-state index contributed by atoms with van der Waals surface area (Å²) >= 11 is 0. The molecule has 4 rings (SSSR count). The second-order valence-corrected chi connectivity index (χ2v) is 8.99. The van der Waals surface area contributed by atoms with Crippen molar-refractivity contribution in [1.82, 2.24) is 0 Å². The number of carbonyl (C=O) groups excluding carboxylic acids is 3. The van der Waals surface area contributed by atoms with Crippen LogP contribution in [0.4, 0.5) is 4.39 Å². The van der Waals surface area contributed by atoms with E-state index >= 15 is 0 Å². The van der Waals surface area contributed by atoms with Crippen LogP contribution in [-0.2, 0) is 14.4 Å². The Hall–Kier alpha value is -1.62. The van der Waals surface area contributed by atoms with Gasteiger partial charge in [0.15, 0.2) is 18.2 Å². The Bertz CT molecular complexity index is 768. The van der Waals surface area contributed by atoms with Gasteiger partial charge in [-0.2, -0.15) is 0 Å². The number of fused-ring (bicyclic) bond motifs is 5. The molecule has 1 N–H and O–H groups in total. The first kappa shape index (κ1) is 17.8. The van der Waals surface area contributed by atoms with Crippen LogP contribution in [-0.4, -0.2) is 34.7 Å². The van der Waals surface area contributed by atoms with Crippen LogP contribution in [0.1, 0.15) is 46.0 Å². The first-order chi connectivity index (χ1) is 12.2. The van der Waals surface area contributed by atoms with Crippen molar-refractivity contribution in [1.29, 1.82) is 0 Å². The van der Waals surface area contributed by atoms with E-state index in [4.69, 9.17) is 0 Å². The van der Waals surface area contributed by atoms with Gasteiger partial charge in [-0.1, -0.05) is 25.5 Å². The van der Waals surface area contributed by atoms with Crippen molar-refractivity contribution in [2.24, 2.45) is 28.6 Å². The van der Waals surface area contributed by atoms with E-state index in [1.807, 2.05) is 13.0 Å². The van der Waals surface area contributed by atoms with Crippen molar-refractivity contribution >= 4 is 17.3 Å². The van der Waals surface area contributed by atoms with Crippen LogP contribution in [0.5, 0.6) is 0 Å². The smallest absolute Gasteiger partial charge is 0.195 e. The number of rotatable bonds is 2. The lowest BCUT2D eigenvalue weighted by Crippen LogP contribution is -2.60. The van der Waals surface area contributed by atoms with E-state index in [-0.39, 0.29) is 42.2 Å². The van der Waals surface area contributed by atoms with Crippen molar-refractivity contribution in [2.75, 3.05) is 6.67 Å². The highest BCUT2D eigenvalue weighted by Gasteiger charge is 2.68. The Labute approximate surface area is 152 Å². The minimum atomic E-state index is -1.75. The number of allylic oxidation sites excluding steroid dienone is 4. The Kier molecular flexibility index (Phi) is 3.72. The summed E-state index contributed by atoms with van der Waals surface area (Å²) in [5, 5.41) is 11.0. The number of hydrogen-bond acceptors (Lipinski definition) is 4. The van der Waals surface area contributed by atoms with Crippen molar-refractivity contribution in [3.05, 3.63) is 23.8 Å². The average molecular weight is 359 g/mol. The molecule has 140 valence electrons. The Morgan fingerprint density at radius 2 is 2.04 bits per heavy atom. The van der Waals surface area contributed by atoms with Gasteiger partial charge in [-0.15, -0.1) is 0 Å². The van der Waals surface area contributed by atoms with Crippen LogP contribution < -0.4 is 0 Å². The van der Waals surface area contributed by atoms with Crippen molar-refractivity contribution in [2.45, 2.75) is 51.6 Å². The first-order valence-electron chi connectivity index (χ1n) is 9.46. The summed E-state index contributed by atoms with van der Waals surface area (Å²) in [6.07, 6.45) is 7.52. The third kappa shape index (κ3) is 2.01. The predicted molar refractivity (Wildman–Crippen MR) is 92.9 cm³/mol. The molecule has 0 spiro atoms. The Balaban J connectivity index is 1.76. The third-order valence-electron chi connectivity index (χ3n) is 7.99. The largest absolute Gasteiger partial charge is 0.381 e. The molecule has 3 saturated carbocycles. The van der Waals surface area contributed by atoms with E-state index in [0.29, 0.717) is 6.42 Å². The van der Waals surface area contributed by atoms with Gasteiger partial charge >= 0.3 is 0 Å². The molecule has 0 aliphatic heterocycles. The summed E-state index contributed by atoms with van der Waals surface area (Å²) in [4.78, 5) is 37.2. The lowest BCUT2D eigenvalue weighted by Gasteiger charge is -2.56. The quantitative estimate of drug-likeness (QED) is 0.823. The lowest BCUT2D eigenvalue weighted by molar-refractivity contribution is -0.167. The number of halogens is 1. The summed E-state index contributed by atoms with van der Waals surface area (Å²) in [6, 6.07) is 0. The molecule has 4 aliphatic rings. The second kappa shape index (κ2) is 5.44. The van der Waals surface area contributed by atoms with E-state index in [9.17, 15) is 23.9 Å². The van der Waals surface area contributed by atoms with Gasteiger partial charge in [0.1, 0.15) is 11.4 Å². The number of alkyl halides is 1. The maximum Gasteiger partial charge on any atom is 0.195 e. The van der Waals surface area contributed by atoms with E-state index in [1.54, 1.807) is 19.1 Å². The van der Waals surface area contributed by atoms with Gasteiger partial charge in [0.05, 0.1) is 0 Å². The third-order valence-corrected chi connectivity index (χ3v) is 7.99. The Morgan fingerprint density at radius 1 is 1.31 bits per heavy atom. The van der Waals surface area contributed by atoms with Gasteiger partial charge in [0.2, 0.25) is 0 Å². The highest BCUT2D eigenvalue weighted by atomic mass is 18.2. The summed E-state index contributed by atoms with van der Waals surface area (Å²) in [5.41, 5.74) is -2.11. The van der Waals surface area contributed by atoms with Gasteiger partial charge in [-0.05, 0) is 49.7 Å². The molecule has 0 heterocycles. The summed E-state index contributed by atoms with van der Waals surface area (Å²) < 4.78 is 13.1. The molecule has 0 saturated heterocycles. The predicted octanol–water partition coefficient (Wildman–Crippen LogP) is 2.74. The SMILES string of the molecule is C[C@]12C=CC(=O)C=C1CC[C@@H]1[C@@H]2C(=O)C[C@@]2(C)[C@H]1CC[C@]2(O)C(=O)C[18F]. The molecule has 6 atom stereocenters. The minimum Gasteiger partial charge on any atom is -0.381 e. The average Bonchev–Trinajstić information content (AvgIpc) is 2.86. The molecule has 0 radical (unpaired) electrons. The molecule has 4 aliphatic carbocycles. The van der Waals surface area contributed by atoms with Gasteiger partial charge in [0, 0.05) is 23.2 Å². The van der Waals surface area contributed by atoms with E-state index in [0.717, 1.165) is 18.4 Å². The highest BCUT2D eigenvalue weighted by Crippen LogP contribution is 2.66. The van der Waals surface area contributed by atoms with Crippen LogP contribution >= 0.6 is 0 Å². The van der Waals surface area contributed by atoms with Crippen LogP contribution in [0.15, 0.2) is 23.8 Å². The van der Waals surface area contributed by atoms with Crippen LogP contribution in [0, 0.1) is 28.6 Å². The molecule has 3 fully saturated rings. The lowest BCUT2D eigenvalue weighted by atomic mass is 9.46. The fraction of sp³-hybridized carbons (Fsp3) is 0.667. The summed E-state index contributed by atoms with van der Waals surface area (Å²) in [5.74, 6) is -0.995. The monoisotopic (exact) mass is 359 g/mol. The normalized spacial score (nSPS) is 47.1. The standard InChI is InChI=1S/C21H25FO4/c1-19-7-5-13(23)9-12(19)3-4-14-15-6-8-21(26,17(25)11-22)20(15,2)10-16(24)18(14)19/h5,7,9,14-15,18,26H,3-4,6,8,10-11H2,1-2H3/t14-,15-,18+,19-,20-,21-/m0/s1/i22-1. The zero-order chi connectivity index (χ0) is 18.9. The van der Waals surface area contributed by atoms with Crippen LogP contribution in [0.3, 0.4) is 0 Å². The van der Waals surface area contributed by atoms with Crippen molar-refractivity contribution in [3.63, 3.8) is 0 Å². The topological polar surface area (TPSA) is 71.4 Å². The zero-order valence-corrected chi connectivity index (χ0v) is 15.3. The number of ketones is 3. The number of carbonyl (C=O) groups is 3. The van der Waals surface area contributed by atoms with E-state index < -0.39 is 28.9 Å². The molecule has 0 amide bonds. The Morgan fingerprint density at radius 3 is 2.73 bits per heavy atom. The van der Waals surface area contributed by atoms with E-state index in [1.165, 1.54) is 0 Å². The zero-order valence-electron chi connectivity index (χ0n) is 15.3. The summed E-state index contributed by atoms with van der Waals surface area (Å²) in [7, 11) is 0. The molecule has 0 aromatic carbocycles. The fourth-order valence-corrected chi connectivity index (χ4v) is 6.60. The number of Topliss-reactive ketones (excluding diaryl/α,β-unsaturated/α-hetero) is 2. The molecular weight excluding hydrogens is 334 g/mol. The number of hydrogen-bond donors (Lipinski definition) is 1. The van der Waals surface area contributed by atoms with Gasteiger partial charge in [0.25, 0.3) is 0 Å². The van der Waals surface area contributed by atoms with Crippen LogP contribution in [0.25, 0.3) is 0 Å². The molecule has 26 heavy (non-hydrogen) atoms. The highest BCUT2D eigenvalue weighted by molar-refractivity contribution is 6.02. The van der Waals surface area contributed by atoms with Gasteiger partial charge in [-0.3, -0.25) is 14.4 Å². The molecular formula is C21H25FO4. The summed E-state index contributed by atoms with van der Waals surface area (Å²) in [6.45, 7) is 2.61. The molecule has 0 aromatic rings. The van der Waals surface area contributed by atoms with E-state index in [2.05, 4.69) is 0 Å². The molecule has 0 aromatic heterocycles. The molecule has 0 bridgehead atoms. The van der Waals surface area contributed by atoms with Crippen molar-refractivity contribution in [3.8, 4) is 0 Å². The van der Waals surface area contributed by atoms with Gasteiger partial charge < -0.3 is 5.11 Å². The minimum absolute atomic E-state index is 0.00935.